The molecule has 5 nitrogen and oxygen atoms in total. The number of aliphatic hydroxyl groups excluding tert-OH is 1. The van der Waals surface area contributed by atoms with E-state index in [0.717, 1.165) is 22.1 Å². The molecule has 1 amide bonds. The minimum Gasteiger partial charge on any atom is -0.396 e. The second kappa shape index (κ2) is 8.68. The van der Waals surface area contributed by atoms with Gasteiger partial charge in [-0.2, -0.15) is 0 Å². The Balaban J connectivity index is 1.76. The first-order chi connectivity index (χ1) is 12.9. The molecule has 2 unspecified atom stereocenters. The summed E-state index contributed by atoms with van der Waals surface area (Å²) in [7, 11) is 0. The first-order valence-electron chi connectivity index (χ1n) is 8.13. The Kier molecular flexibility index (Phi) is 6.51. The largest absolute Gasteiger partial charge is 0.396 e. The first kappa shape index (κ1) is 20.2. The minimum atomic E-state index is -1.19. The fourth-order valence-corrected chi connectivity index (χ4v) is 3.50. The molecule has 9 heteroatoms. The number of halogens is 4. The molecule has 1 aliphatic carbocycles. The molecular weight excluding hydrogens is 493 g/mol. The van der Waals surface area contributed by atoms with E-state index in [4.69, 9.17) is 21.5 Å². The van der Waals surface area contributed by atoms with Crippen LogP contribution < -0.4 is 10.8 Å². The summed E-state index contributed by atoms with van der Waals surface area (Å²) < 4.78 is 28.9. The first-order valence-corrected chi connectivity index (χ1v) is 9.59. The van der Waals surface area contributed by atoms with Crippen molar-refractivity contribution in [1.29, 1.82) is 0 Å². The van der Waals surface area contributed by atoms with E-state index in [0.29, 0.717) is 10.7 Å². The Morgan fingerprint density at radius 2 is 2.07 bits per heavy atom. The van der Waals surface area contributed by atoms with Crippen molar-refractivity contribution in [2.24, 2.45) is 11.8 Å². The van der Waals surface area contributed by atoms with E-state index >= 15 is 0 Å². The number of carbonyl (C=O) groups excluding carboxylic acids is 1. The molecule has 2 atom stereocenters. The third-order valence-electron chi connectivity index (χ3n) is 4.30. The van der Waals surface area contributed by atoms with Gasteiger partial charge < -0.3 is 10.4 Å². The summed E-state index contributed by atoms with van der Waals surface area (Å²) in [6, 6.07) is 7.02. The Bertz CT molecular complexity index is 869. The highest BCUT2D eigenvalue weighted by Gasteiger charge is 2.36. The van der Waals surface area contributed by atoms with E-state index in [-0.39, 0.29) is 36.3 Å². The van der Waals surface area contributed by atoms with Crippen molar-refractivity contribution >= 4 is 51.5 Å². The molecule has 1 fully saturated rings. The predicted octanol–water partition coefficient (Wildman–Crippen LogP) is 4.26. The highest BCUT2D eigenvalue weighted by atomic mass is 127. The molecular formula is C18H16ClF2IN2O3. The number of rotatable bonds is 7. The van der Waals surface area contributed by atoms with Crippen LogP contribution in [0.3, 0.4) is 0 Å². The van der Waals surface area contributed by atoms with E-state index in [1.807, 2.05) is 0 Å². The lowest BCUT2D eigenvalue weighted by molar-refractivity contribution is 0.0248. The molecule has 0 aliphatic heterocycles. The molecule has 2 aromatic rings. The van der Waals surface area contributed by atoms with E-state index in [2.05, 4.69) is 33.4 Å². The zero-order valence-electron chi connectivity index (χ0n) is 13.9. The molecule has 0 heterocycles. The Labute approximate surface area is 173 Å². The fraction of sp³-hybridized carbons (Fsp3) is 0.278. The van der Waals surface area contributed by atoms with Crippen molar-refractivity contribution in [2.45, 2.75) is 6.42 Å². The van der Waals surface area contributed by atoms with Crippen LogP contribution in [0.2, 0.25) is 5.02 Å². The number of carbonyl (C=O) groups is 1. The lowest BCUT2D eigenvalue weighted by atomic mass is 10.1. The summed E-state index contributed by atoms with van der Waals surface area (Å²) in [5, 5.41) is 12.0. The maximum atomic E-state index is 14.3. The monoisotopic (exact) mass is 508 g/mol. The summed E-state index contributed by atoms with van der Waals surface area (Å²) in [4.78, 5) is 17.5. The Morgan fingerprint density at radius 3 is 2.74 bits per heavy atom. The number of amides is 1. The van der Waals surface area contributed by atoms with Gasteiger partial charge in [0.15, 0.2) is 11.6 Å². The molecule has 1 saturated carbocycles. The summed E-state index contributed by atoms with van der Waals surface area (Å²) in [6.07, 6.45) is 0.829. The maximum Gasteiger partial charge on any atom is 0.277 e. The third-order valence-corrected chi connectivity index (χ3v) is 5.28. The van der Waals surface area contributed by atoms with Crippen LogP contribution in [0.15, 0.2) is 30.3 Å². The zero-order chi connectivity index (χ0) is 19.6. The SMILES string of the molecule is O=C(NOCC1CC1CO)c1ccc(F)c(F)c1Nc1ccc(I)cc1Cl. The van der Waals surface area contributed by atoms with Crippen LogP contribution in [0.4, 0.5) is 20.2 Å². The molecule has 144 valence electrons. The van der Waals surface area contributed by atoms with Gasteiger partial charge in [-0.1, -0.05) is 11.6 Å². The van der Waals surface area contributed by atoms with Crippen molar-refractivity contribution in [3.8, 4) is 0 Å². The highest BCUT2D eigenvalue weighted by Crippen LogP contribution is 2.37. The van der Waals surface area contributed by atoms with Crippen LogP contribution >= 0.6 is 34.2 Å². The number of aliphatic hydroxyl groups is 1. The van der Waals surface area contributed by atoms with Gasteiger partial charge in [0.2, 0.25) is 0 Å². The van der Waals surface area contributed by atoms with E-state index in [1.165, 1.54) is 0 Å². The highest BCUT2D eigenvalue weighted by molar-refractivity contribution is 14.1. The number of nitrogens with one attached hydrogen (secondary N) is 2. The van der Waals surface area contributed by atoms with Crippen LogP contribution in [0, 0.1) is 27.0 Å². The smallest absolute Gasteiger partial charge is 0.277 e. The average Bonchev–Trinajstić information content (AvgIpc) is 3.39. The fourth-order valence-electron chi connectivity index (χ4n) is 2.59. The molecule has 0 radical (unpaired) electrons. The average molecular weight is 509 g/mol. The number of hydroxylamine groups is 1. The third kappa shape index (κ3) is 4.87. The standard InChI is InChI=1S/C18H16ClF2IN2O3/c19-13-6-11(22)1-4-15(13)23-17-12(2-3-14(20)16(17)21)18(26)24-27-8-10-5-9(10)7-25/h1-4,6,9-10,23,25H,5,7-8H2,(H,24,26). The van der Waals surface area contributed by atoms with Gasteiger partial charge in [-0.05, 0) is 71.2 Å². The topological polar surface area (TPSA) is 70.6 Å². The van der Waals surface area contributed by atoms with Crippen LogP contribution in [0.25, 0.3) is 0 Å². The van der Waals surface area contributed by atoms with Crippen molar-refractivity contribution < 1.29 is 23.5 Å². The lowest BCUT2D eigenvalue weighted by Crippen LogP contribution is -2.26. The molecule has 0 saturated heterocycles. The molecule has 2 aromatic carbocycles. The number of hydrogen-bond acceptors (Lipinski definition) is 4. The summed E-state index contributed by atoms with van der Waals surface area (Å²) in [5.74, 6) is -2.65. The normalized spacial score (nSPS) is 18.3. The van der Waals surface area contributed by atoms with Crippen LogP contribution in [0.5, 0.6) is 0 Å². The maximum absolute atomic E-state index is 14.3. The van der Waals surface area contributed by atoms with Crippen molar-refractivity contribution in [1.82, 2.24) is 5.48 Å². The minimum absolute atomic E-state index is 0.0794. The summed E-state index contributed by atoms with van der Waals surface area (Å²) in [5.41, 5.74) is 2.10. The quantitative estimate of drug-likeness (QED) is 0.386. The number of benzene rings is 2. The second-order valence-corrected chi connectivity index (χ2v) is 7.87. The van der Waals surface area contributed by atoms with E-state index in [1.54, 1.807) is 18.2 Å². The van der Waals surface area contributed by atoms with Crippen molar-refractivity contribution in [3.05, 3.63) is 56.1 Å². The molecule has 1 aliphatic rings. The molecule has 0 spiro atoms. The summed E-state index contributed by atoms with van der Waals surface area (Å²) >= 11 is 8.20. The van der Waals surface area contributed by atoms with Gasteiger partial charge >= 0.3 is 0 Å². The van der Waals surface area contributed by atoms with Crippen LogP contribution in [0.1, 0.15) is 16.8 Å². The van der Waals surface area contributed by atoms with Crippen molar-refractivity contribution in [2.75, 3.05) is 18.5 Å². The zero-order valence-corrected chi connectivity index (χ0v) is 16.9. The molecule has 3 rings (SSSR count). The summed E-state index contributed by atoms with van der Waals surface area (Å²) in [6.45, 7) is 0.322. The van der Waals surface area contributed by atoms with Gasteiger partial charge in [-0.15, -0.1) is 0 Å². The number of anilines is 2. The molecule has 0 aromatic heterocycles. The Morgan fingerprint density at radius 1 is 1.30 bits per heavy atom. The van der Waals surface area contributed by atoms with Gasteiger partial charge in [0.1, 0.15) is 0 Å². The number of hydrogen-bond donors (Lipinski definition) is 3. The van der Waals surface area contributed by atoms with Crippen molar-refractivity contribution in [3.63, 3.8) is 0 Å². The van der Waals surface area contributed by atoms with Gasteiger partial charge in [0, 0.05) is 10.2 Å². The second-order valence-electron chi connectivity index (χ2n) is 6.21. The van der Waals surface area contributed by atoms with Crippen LogP contribution in [-0.4, -0.2) is 24.2 Å². The lowest BCUT2D eigenvalue weighted by Gasteiger charge is -2.15. The molecule has 0 bridgehead atoms. The molecule has 27 heavy (non-hydrogen) atoms. The van der Waals surface area contributed by atoms with Crippen LogP contribution in [-0.2, 0) is 4.84 Å². The van der Waals surface area contributed by atoms with Gasteiger partial charge in [0.05, 0.1) is 28.6 Å². The van der Waals surface area contributed by atoms with E-state index in [9.17, 15) is 13.6 Å². The van der Waals surface area contributed by atoms with Gasteiger partial charge in [0.25, 0.3) is 5.91 Å². The Hall–Kier alpha value is -1.49. The van der Waals surface area contributed by atoms with Gasteiger partial charge in [-0.3, -0.25) is 9.63 Å². The predicted molar refractivity (Wildman–Crippen MR) is 106 cm³/mol. The van der Waals surface area contributed by atoms with E-state index < -0.39 is 17.5 Å². The van der Waals surface area contributed by atoms with Gasteiger partial charge in [-0.25, -0.2) is 14.3 Å². The molecule has 3 N–H and O–H groups in total.